The maximum Gasteiger partial charge on any atom is 0.442 e. The van der Waals surface area contributed by atoms with Crippen LogP contribution in [0.3, 0.4) is 0 Å². The second-order valence-electron chi connectivity index (χ2n) is 9.46. The van der Waals surface area contributed by atoms with Crippen LogP contribution in [-0.4, -0.2) is 43.1 Å². The molecular weight excluding hydrogens is 420 g/mol. The molecule has 0 saturated carbocycles. The van der Waals surface area contributed by atoms with Crippen molar-refractivity contribution in [2.45, 2.75) is 71.9 Å². The van der Waals surface area contributed by atoms with Crippen molar-refractivity contribution < 1.29 is 23.6 Å². The van der Waals surface area contributed by atoms with E-state index >= 15 is 0 Å². The van der Waals surface area contributed by atoms with Gasteiger partial charge in [-0.25, -0.2) is 9.59 Å². The highest BCUT2D eigenvalue weighted by Crippen LogP contribution is 2.44. The lowest BCUT2D eigenvalue weighted by Gasteiger charge is -2.36. The highest BCUT2D eigenvalue weighted by atomic mass is 16.6. The Kier molecular flexibility index (Phi) is 5.90. The van der Waals surface area contributed by atoms with Crippen molar-refractivity contribution in [1.29, 1.82) is 0 Å². The summed E-state index contributed by atoms with van der Waals surface area (Å²) in [5, 5.41) is 15.1. The van der Waals surface area contributed by atoms with Crippen molar-refractivity contribution in [2.75, 3.05) is 0 Å². The highest BCUT2D eigenvalue weighted by molar-refractivity contribution is 5.70. The second-order valence-corrected chi connectivity index (χ2v) is 9.46. The molecule has 1 aliphatic rings. The molecule has 2 atom stereocenters. The molecule has 0 spiro atoms. The van der Waals surface area contributed by atoms with Crippen LogP contribution < -0.4 is 5.76 Å². The van der Waals surface area contributed by atoms with Crippen LogP contribution in [0, 0.1) is 16.0 Å². The lowest BCUT2D eigenvalue weighted by Crippen LogP contribution is -2.51. The number of non-ortho nitro benzene ring substituents is 1. The fourth-order valence-electron chi connectivity index (χ4n) is 3.71. The van der Waals surface area contributed by atoms with E-state index in [-0.39, 0.29) is 17.5 Å². The number of hydrogen-bond acceptors (Lipinski definition) is 8. The first-order valence-electron chi connectivity index (χ1n) is 10.3. The van der Waals surface area contributed by atoms with Gasteiger partial charge in [0, 0.05) is 12.1 Å². The SMILES string of the molecule is CC(C)[C@H]1[C@H](c2nn(-c3ccc([N+](=O)[O-])cc3)c(=O)o2)OC(C)(C)N1C(=O)OC(C)(C)C. The molecule has 11 nitrogen and oxygen atoms in total. The van der Waals surface area contributed by atoms with E-state index in [1.807, 2.05) is 13.8 Å². The number of nitrogens with zero attached hydrogens (tertiary/aromatic N) is 4. The Hall–Kier alpha value is -3.21. The maximum absolute atomic E-state index is 13.0. The van der Waals surface area contributed by atoms with Crippen molar-refractivity contribution in [2.24, 2.45) is 5.92 Å². The van der Waals surface area contributed by atoms with Crippen LogP contribution in [0.1, 0.15) is 60.5 Å². The summed E-state index contributed by atoms with van der Waals surface area (Å²) in [6, 6.07) is 4.83. The molecule has 1 aliphatic heterocycles. The molecule has 1 aromatic carbocycles. The Labute approximate surface area is 185 Å². The number of carbonyl (C=O) groups is 1. The molecule has 1 aromatic heterocycles. The summed E-state index contributed by atoms with van der Waals surface area (Å²) in [5.74, 6) is -0.844. The maximum atomic E-state index is 13.0. The second kappa shape index (κ2) is 8.05. The molecule has 1 amide bonds. The third kappa shape index (κ3) is 4.52. The van der Waals surface area contributed by atoms with Gasteiger partial charge in [-0.3, -0.25) is 15.0 Å². The van der Waals surface area contributed by atoms with Crippen LogP contribution in [0.4, 0.5) is 10.5 Å². The van der Waals surface area contributed by atoms with Gasteiger partial charge in [0.15, 0.2) is 6.10 Å². The zero-order valence-electron chi connectivity index (χ0n) is 19.2. The zero-order chi connectivity index (χ0) is 24.0. The Bertz CT molecular complexity index is 1060. The first-order chi connectivity index (χ1) is 14.7. The lowest BCUT2D eigenvalue weighted by molar-refractivity contribution is -0.384. The standard InChI is InChI=1S/C21H28N4O7/c1-12(2)15-16(31-21(6,7)23(15)18(26)32-20(3,4)5)17-22-24(19(27)30-17)13-8-10-14(11-9-13)25(28)29/h8-12,15-16H,1-7H3/t15-,16+/m0/s1. The molecular formula is C21H28N4O7. The zero-order valence-corrected chi connectivity index (χ0v) is 19.2. The summed E-state index contributed by atoms with van der Waals surface area (Å²) in [6.45, 7) is 12.6. The number of hydrogen-bond donors (Lipinski definition) is 0. The van der Waals surface area contributed by atoms with Crippen molar-refractivity contribution in [1.82, 2.24) is 14.7 Å². The number of benzene rings is 1. The molecule has 0 radical (unpaired) electrons. The molecule has 2 heterocycles. The van der Waals surface area contributed by atoms with Gasteiger partial charge < -0.3 is 13.9 Å². The molecule has 32 heavy (non-hydrogen) atoms. The number of ether oxygens (including phenoxy) is 2. The normalized spacial score (nSPS) is 20.6. The Morgan fingerprint density at radius 2 is 1.84 bits per heavy atom. The van der Waals surface area contributed by atoms with Gasteiger partial charge in [0.1, 0.15) is 11.3 Å². The van der Waals surface area contributed by atoms with E-state index in [0.29, 0.717) is 5.69 Å². The summed E-state index contributed by atoms with van der Waals surface area (Å²) in [5.41, 5.74) is -1.55. The molecule has 1 fully saturated rings. The number of nitro benzene ring substituents is 1. The van der Waals surface area contributed by atoms with E-state index in [4.69, 9.17) is 13.9 Å². The number of amides is 1. The van der Waals surface area contributed by atoms with Crippen molar-refractivity contribution in [3.05, 3.63) is 50.8 Å². The third-order valence-electron chi connectivity index (χ3n) is 4.99. The van der Waals surface area contributed by atoms with Crippen LogP contribution >= 0.6 is 0 Å². The molecule has 0 N–H and O–H groups in total. The van der Waals surface area contributed by atoms with E-state index in [2.05, 4.69) is 5.10 Å². The van der Waals surface area contributed by atoms with Crippen LogP contribution in [0.2, 0.25) is 0 Å². The van der Waals surface area contributed by atoms with Crippen molar-refractivity contribution in [3.8, 4) is 5.69 Å². The van der Waals surface area contributed by atoms with Crippen molar-refractivity contribution >= 4 is 11.8 Å². The minimum Gasteiger partial charge on any atom is -0.444 e. The van der Waals surface area contributed by atoms with Gasteiger partial charge in [-0.2, -0.15) is 4.68 Å². The molecule has 0 bridgehead atoms. The average molecular weight is 448 g/mol. The largest absolute Gasteiger partial charge is 0.444 e. The quantitative estimate of drug-likeness (QED) is 0.510. The monoisotopic (exact) mass is 448 g/mol. The number of aromatic nitrogens is 2. The first kappa shape index (κ1) is 23.5. The molecule has 1 saturated heterocycles. The molecule has 0 unspecified atom stereocenters. The smallest absolute Gasteiger partial charge is 0.442 e. The summed E-state index contributed by atoms with van der Waals surface area (Å²) in [4.78, 5) is 37.3. The number of nitro groups is 1. The Morgan fingerprint density at radius 1 is 1.25 bits per heavy atom. The number of carbonyl (C=O) groups excluding carboxylic acids is 1. The molecule has 0 aliphatic carbocycles. The number of rotatable bonds is 4. The Morgan fingerprint density at radius 3 is 2.34 bits per heavy atom. The fourth-order valence-corrected chi connectivity index (χ4v) is 3.71. The van der Waals surface area contributed by atoms with Crippen LogP contribution in [-0.2, 0) is 9.47 Å². The van der Waals surface area contributed by atoms with Crippen LogP contribution in [0.25, 0.3) is 5.69 Å². The predicted octanol–water partition coefficient (Wildman–Crippen LogP) is 3.80. The van der Waals surface area contributed by atoms with E-state index in [1.165, 1.54) is 29.2 Å². The first-order valence-corrected chi connectivity index (χ1v) is 10.3. The predicted molar refractivity (Wildman–Crippen MR) is 113 cm³/mol. The van der Waals surface area contributed by atoms with Gasteiger partial charge in [0.25, 0.3) is 5.69 Å². The summed E-state index contributed by atoms with van der Waals surface area (Å²) in [6.07, 6.45) is -1.36. The van der Waals surface area contributed by atoms with Gasteiger partial charge in [-0.05, 0) is 52.7 Å². The van der Waals surface area contributed by atoms with Crippen LogP contribution in [0.5, 0.6) is 0 Å². The molecule has 3 rings (SSSR count). The minimum atomic E-state index is -1.04. The van der Waals surface area contributed by atoms with Gasteiger partial charge in [-0.15, -0.1) is 5.10 Å². The molecule has 11 heteroatoms. The Balaban J connectivity index is 1.98. The van der Waals surface area contributed by atoms with Crippen molar-refractivity contribution in [3.63, 3.8) is 0 Å². The summed E-state index contributed by atoms with van der Waals surface area (Å²) in [7, 11) is 0. The van der Waals surface area contributed by atoms with Gasteiger partial charge >= 0.3 is 11.8 Å². The average Bonchev–Trinajstić information content (AvgIpc) is 3.17. The van der Waals surface area contributed by atoms with E-state index in [0.717, 1.165) is 4.68 Å². The van der Waals surface area contributed by atoms with Gasteiger partial charge in [0.05, 0.1) is 16.7 Å². The molecule has 2 aromatic rings. The van der Waals surface area contributed by atoms with E-state index in [1.54, 1.807) is 34.6 Å². The van der Waals surface area contributed by atoms with Crippen LogP contribution in [0.15, 0.2) is 33.5 Å². The van der Waals surface area contributed by atoms with E-state index < -0.39 is 40.2 Å². The summed E-state index contributed by atoms with van der Waals surface area (Å²) < 4.78 is 18.1. The van der Waals surface area contributed by atoms with E-state index in [9.17, 15) is 19.7 Å². The van der Waals surface area contributed by atoms with Gasteiger partial charge in [0.2, 0.25) is 5.89 Å². The topological polar surface area (TPSA) is 130 Å². The molecule has 174 valence electrons. The fraction of sp³-hybridized carbons (Fsp3) is 0.571. The lowest BCUT2D eigenvalue weighted by atomic mass is 9.97. The summed E-state index contributed by atoms with van der Waals surface area (Å²) >= 11 is 0. The minimum absolute atomic E-state index is 0.00573. The highest BCUT2D eigenvalue weighted by Gasteiger charge is 2.54. The third-order valence-corrected chi connectivity index (χ3v) is 4.99. The van der Waals surface area contributed by atoms with Gasteiger partial charge in [-0.1, -0.05) is 13.8 Å².